The summed E-state index contributed by atoms with van der Waals surface area (Å²) in [7, 11) is 1.51. The van der Waals surface area contributed by atoms with E-state index in [1.807, 2.05) is 0 Å². The highest BCUT2D eigenvalue weighted by Crippen LogP contribution is 2.27. The van der Waals surface area contributed by atoms with Gasteiger partial charge in [0, 0.05) is 19.1 Å². The minimum atomic E-state index is -0.324. The third-order valence-electron chi connectivity index (χ3n) is 5.23. The lowest BCUT2D eigenvalue weighted by Crippen LogP contribution is -2.32. The molecule has 0 aliphatic carbocycles. The zero-order valence-corrected chi connectivity index (χ0v) is 15.6. The van der Waals surface area contributed by atoms with Crippen LogP contribution in [0.25, 0.3) is 0 Å². The van der Waals surface area contributed by atoms with E-state index in [1.54, 1.807) is 47.4 Å². The topological polar surface area (TPSA) is 92.9 Å². The second-order valence-electron chi connectivity index (χ2n) is 7.08. The molecule has 0 spiro atoms. The number of fused-ring (bicyclic) bond motifs is 1. The van der Waals surface area contributed by atoms with E-state index >= 15 is 0 Å². The number of hydrogen-bond donors (Lipinski definition) is 1. The molecule has 2 aliphatic rings. The van der Waals surface area contributed by atoms with Gasteiger partial charge in [-0.05, 0) is 36.2 Å². The van der Waals surface area contributed by atoms with Crippen molar-refractivity contribution in [3.05, 3.63) is 64.7 Å². The van der Waals surface area contributed by atoms with Gasteiger partial charge in [-0.25, -0.2) is 0 Å². The Balaban J connectivity index is 1.61. The van der Waals surface area contributed by atoms with Crippen LogP contribution in [0.3, 0.4) is 0 Å². The molecule has 2 aromatic rings. The molecule has 2 aromatic carbocycles. The zero-order valence-electron chi connectivity index (χ0n) is 15.6. The number of carbonyl (C=O) groups is 3. The van der Waals surface area contributed by atoms with E-state index in [0.29, 0.717) is 41.1 Å². The molecule has 0 radical (unpaired) electrons. The predicted molar refractivity (Wildman–Crippen MR) is 102 cm³/mol. The number of rotatable bonds is 4. The largest absolute Gasteiger partial charge is 0.496 e. The van der Waals surface area contributed by atoms with Gasteiger partial charge in [0.05, 0.1) is 30.3 Å². The number of benzene rings is 2. The highest BCUT2D eigenvalue weighted by molar-refractivity contribution is 6.21. The number of ether oxygens (including phenoxy) is 1. The van der Waals surface area contributed by atoms with E-state index in [2.05, 4.69) is 0 Å². The van der Waals surface area contributed by atoms with Gasteiger partial charge in [0.1, 0.15) is 5.75 Å². The summed E-state index contributed by atoms with van der Waals surface area (Å²) in [4.78, 5) is 41.0. The fourth-order valence-corrected chi connectivity index (χ4v) is 3.73. The molecular weight excluding hydrogens is 358 g/mol. The fourth-order valence-electron chi connectivity index (χ4n) is 3.73. The summed E-state index contributed by atoms with van der Waals surface area (Å²) >= 11 is 0. The van der Waals surface area contributed by atoms with Crippen molar-refractivity contribution in [1.29, 1.82) is 0 Å². The molecule has 3 amide bonds. The van der Waals surface area contributed by atoms with E-state index in [9.17, 15) is 14.4 Å². The van der Waals surface area contributed by atoms with Crippen molar-refractivity contribution < 1.29 is 19.1 Å². The molecule has 2 aliphatic heterocycles. The summed E-state index contributed by atoms with van der Waals surface area (Å²) in [5.74, 6) is -0.352. The van der Waals surface area contributed by atoms with Gasteiger partial charge in [-0.3, -0.25) is 19.3 Å². The molecule has 144 valence electrons. The van der Waals surface area contributed by atoms with Crippen LogP contribution in [-0.4, -0.2) is 53.8 Å². The van der Waals surface area contributed by atoms with Gasteiger partial charge in [0.2, 0.25) is 0 Å². The third-order valence-corrected chi connectivity index (χ3v) is 5.23. The molecule has 0 saturated carbocycles. The molecule has 2 N–H and O–H groups in total. The summed E-state index contributed by atoms with van der Waals surface area (Å²) in [5, 5.41) is 0. The molecular formula is C21H21N3O4. The van der Waals surface area contributed by atoms with Crippen molar-refractivity contribution in [3.63, 3.8) is 0 Å². The van der Waals surface area contributed by atoms with E-state index in [4.69, 9.17) is 10.5 Å². The van der Waals surface area contributed by atoms with Crippen LogP contribution in [0, 0.1) is 0 Å². The summed E-state index contributed by atoms with van der Waals surface area (Å²) in [6.45, 7) is 1.20. The molecule has 1 atom stereocenters. The Labute approximate surface area is 162 Å². The van der Waals surface area contributed by atoms with Gasteiger partial charge in [0.15, 0.2) is 0 Å². The summed E-state index contributed by atoms with van der Waals surface area (Å²) < 4.78 is 5.34. The Bertz CT molecular complexity index is 937. The van der Waals surface area contributed by atoms with Crippen LogP contribution in [-0.2, 0) is 6.54 Å². The molecule has 1 saturated heterocycles. The number of imide groups is 1. The Morgan fingerprint density at radius 3 is 2.39 bits per heavy atom. The first-order chi connectivity index (χ1) is 13.5. The quantitative estimate of drug-likeness (QED) is 0.816. The first-order valence-corrected chi connectivity index (χ1v) is 9.16. The van der Waals surface area contributed by atoms with Crippen molar-refractivity contribution in [1.82, 2.24) is 9.80 Å². The van der Waals surface area contributed by atoms with Gasteiger partial charge in [0.25, 0.3) is 17.7 Å². The number of amides is 3. The molecule has 2 heterocycles. The molecule has 7 nitrogen and oxygen atoms in total. The number of carbonyl (C=O) groups excluding carboxylic acids is 3. The molecule has 0 unspecified atom stereocenters. The highest BCUT2D eigenvalue weighted by Gasteiger charge is 2.35. The monoisotopic (exact) mass is 379 g/mol. The van der Waals surface area contributed by atoms with Crippen molar-refractivity contribution in [3.8, 4) is 5.75 Å². The van der Waals surface area contributed by atoms with Crippen LogP contribution in [0.15, 0.2) is 42.5 Å². The minimum absolute atomic E-state index is 0.0172. The highest BCUT2D eigenvalue weighted by atomic mass is 16.5. The van der Waals surface area contributed by atoms with Gasteiger partial charge >= 0.3 is 0 Å². The third kappa shape index (κ3) is 3.03. The first-order valence-electron chi connectivity index (χ1n) is 9.16. The maximum atomic E-state index is 12.9. The number of nitrogens with zero attached hydrogens (tertiary/aromatic N) is 2. The van der Waals surface area contributed by atoms with Gasteiger partial charge in [-0.1, -0.05) is 18.2 Å². The molecule has 0 bridgehead atoms. The molecule has 7 heteroatoms. The van der Waals surface area contributed by atoms with E-state index in [-0.39, 0.29) is 30.3 Å². The van der Waals surface area contributed by atoms with Crippen LogP contribution >= 0.6 is 0 Å². The van der Waals surface area contributed by atoms with Gasteiger partial charge in [-0.15, -0.1) is 0 Å². The predicted octanol–water partition coefficient (Wildman–Crippen LogP) is 1.66. The second-order valence-corrected chi connectivity index (χ2v) is 7.08. The Kier molecular flexibility index (Phi) is 4.60. The average molecular weight is 379 g/mol. The minimum Gasteiger partial charge on any atom is -0.496 e. The van der Waals surface area contributed by atoms with Crippen molar-refractivity contribution in [2.24, 2.45) is 5.73 Å². The molecule has 0 aromatic heterocycles. The van der Waals surface area contributed by atoms with Gasteiger partial charge in [-0.2, -0.15) is 0 Å². The molecule has 28 heavy (non-hydrogen) atoms. The van der Waals surface area contributed by atoms with Crippen molar-refractivity contribution >= 4 is 17.7 Å². The standard InChI is InChI=1S/C21H21N3O4/c1-28-18-7-6-13(10-17(18)19(25)23-9-8-14(22)12-23)11-24-20(26)15-4-2-3-5-16(15)21(24)27/h2-7,10,14H,8-9,11-12,22H2,1H3/t14-/m1/s1. The fraction of sp³-hybridized carbons (Fsp3) is 0.286. The summed E-state index contributed by atoms with van der Waals surface area (Å²) in [5.41, 5.74) is 7.82. The van der Waals surface area contributed by atoms with E-state index < -0.39 is 0 Å². The molecule has 1 fully saturated rings. The Morgan fingerprint density at radius 2 is 1.82 bits per heavy atom. The van der Waals surface area contributed by atoms with Crippen LogP contribution in [0.2, 0.25) is 0 Å². The number of hydrogen-bond acceptors (Lipinski definition) is 5. The maximum Gasteiger partial charge on any atom is 0.261 e. The lowest BCUT2D eigenvalue weighted by Gasteiger charge is -2.19. The summed E-state index contributed by atoms with van der Waals surface area (Å²) in [6, 6.07) is 11.9. The SMILES string of the molecule is COc1ccc(CN2C(=O)c3ccccc3C2=O)cc1C(=O)N1CC[C@@H](N)C1. The summed E-state index contributed by atoms with van der Waals surface area (Å²) in [6.07, 6.45) is 0.767. The second kappa shape index (κ2) is 7.09. The number of nitrogens with two attached hydrogens (primary N) is 1. The Hall–Kier alpha value is -3.19. The van der Waals surface area contributed by atoms with Gasteiger partial charge < -0.3 is 15.4 Å². The smallest absolute Gasteiger partial charge is 0.261 e. The Morgan fingerprint density at radius 1 is 1.14 bits per heavy atom. The van der Waals surface area contributed by atoms with Crippen molar-refractivity contribution in [2.75, 3.05) is 20.2 Å². The molecule has 4 rings (SSSR count). The van der Waals surface area contributed by atoms with Crippen LogP contribution in [0.5, 0.6) is 5.75 Å². The number of likely N-dealkylation sites (tertiary alicyclic amines) is 1. The van der Waals surface area contributed by atoms with Crippen LogP contribution in [0.4, 0.5) is 0 Å². The van der Waals surface area contributed by atoms with Crippen LogP contribution in [0.1, 0.15) is 43.1 Å². The average Bonchev–Trinajstić information content (AvgIpc) is 3.25. The number of methoxy groups -OCH3 is 1. The van der Waals surface area contributed by atoms with E-state index in [0.717, 1.165) is 6.42 Å². The van der Waals surface area contributed by atoms with Crippen molar-refractivity contribution in [2.45, 2.75) is 19.0 Å². The zero-order chi connectivity index (χ0) is 19.8. The lowest BCUT2D eigenvalue weighted by molar-refractivity contribution is 0.0642. The van der Waals surface area contributed by atoms with Crippen LogP contribution < -0.4 is 10.5 Å². The lowest BCUT2D eigenvalue weighted by atomic mass is 10.1. The normalized spacial score (nSPS) is 18.6. The first kappa shape index (κ1) is 18.2. The maximum absolute atomic E-state index is 12.9. The van der Waals surface area contributed by atoms with E-state index in [1.165, 1.54) is 12.0 Å².